The van der Waals surface area contributed by atoms with Crippen molar-refractivity contribution in [1.29, 1.82) is 0 Å². The second kappa shape index (κ2) is 6.91. The monoisotopic (exact) mass is 292 g/mol. The summed E-state index contributed by atoms with van der Waals surface area (Å²) >= 11 is 6.09. The molecule has 0 bridgehead atoms. The molecule has 1 aliphatic rings. The van der Waals surface area contributed by atoms with Gasteiger partial charge in [-0.2, -0.15) is 0 Å². The number of carbonyl (C=O) groups excluding carboxylic acids is 1. The summed E-state index contributed by atoms with van der Waals surface area (Å²) in [5.74, 6) is 0.0393. The van der Waals surface area contributed by atoms with Crippen LogP contribution in [0.3, 0.4) is 0 Å². The van der Waals surface area contributed by atoms with Crippen LogP contribution < -0.4 is 0 Å². The highest BCUT2D eigenvalue weighted by Gasteiger charge is 2.22. The molecule has 0 N–H and O–H groups in total. The molecule has 0 atom stereocenters. The molecule has 1 fully saturated rings. The largest absolute Gasteiger partial charge is 0.336 e. The maximum atomic E-state index is 12.4. The minimum absolute atomic E-state index is 0.0393. The minimum atomic E-state index is 0.0393. The van der Waals surface area contributed by atoms with Gasteiger partial charge in [0, 0.05) is 32.7 Å². The summed E-state index contributed by atoms with van der Waals surface area (Å²) in [7, 11) is 0. The number of benzene rings is 1. The first-order valence-corrected chi connectivity index (χ1v) is 7.35. The number of hydrogen-bond acceptors (Lipinski definition) is 2. The smallest absolute Gasteiger partial charge is 0.255 e. The van der Waals surface area contributed by atoms with Gasteiger partial charge in [0.15, 0.2) is 0 Å². The second-order valence-corrected chi connectivity index (χ2v) is 5.76. The fourth-order valence-electron chi connectivity index (χ4n) is 2.25. The molecule has 0 aliphatic carbocycles. The lowest BCUT2D eigenvalue weighted by Gasteiger charge is -2.34. The summed E-state index contributed by atoms with van der Waals surface area (Å²) in [5.41, 5.74) is 1.94. The molecule has 20 heavy (non-hydrogen) atoms. The predicted octanol–water partition coefficient (Wildman–Crippen LogP) is 3.06. The van der Waals surface area contributed by atoms with Gasteiger partial charge >= 0.3 is 0 Å². The van der Waals surface area contributed by atoms with Crippen molar-refractivity contribution in [3.05, 3.63) is 46.5 Å². The van der Waals surface area contributed by atoms with E-state index in [-0.39, 0.29) is 5.91 Å². The van der Waals surface area contributed by atoms with Crippen molar-refractivity contribution in [3.8, 4) is 0 Å². The lowest BCUT2D eigenvalue weighted by Crippen LogP contribution is -2.48. The average Bonchev–Trinajstić information content (AvgIpc) is 2.45. The Morgan fingerprint density at radius 2 is 1.85 bits per heavy atom. The maximum Gasteiger partial charge on any atom is 0.255 e. The lowest BCUT2D eigenvalue weighted by molar-refractivity contribution is 0.0650. The number of allylic oxidation sites excluding steroid dienone is 1. The summed E-state index contributed by atoms with van der Waals surface area (Å²) < 4.78 is 0. The topological polar surface area (TPSA) is 23.6 Å². The summed E-state index contributed by atoms with van der Waals surface area (Å²) in [4.78, 5) is 16.7. The molecule has 2 rings (SSSR count). The summed E-state index contributed by atoms with van der Waals surface area (Å²) in [6.45, 7) is 8.55. The standard InChI is InChI=1S/C16H21ClN2O/c1-13(2)7-8-18-9-11-19(12-10-18)16(20)14-5-3-4-6-15(14)17/h3-7H,8-12H2,1-2H3. The van der Waals surface area contributed by atoms with E-state index in [0.29, 0.717) is 10.6 Å². The lowest BCUT2D eigenvalue weighted by atomic mass is 10.2. The van der Waals surface area contributed by atoms with Crippen molar-refractivity contribution in [2.75, 3.05) is 32.7 Å². The third-order valence-corrected chi connectivity index (χ3v) is 3.85. The number of piperazine rings is 1. The molecular weight excluding hydrogens is 272 g/mol. The van der Waals surface area contributed by atoms with Gasteiger partial charge in [0.05, 0.1) is 10.6 Å². The SMILES string of the molecule is CC(C)=CCN1CCN(C(=O)c2ccccc2Cl)CC1. The Morgan fingerprint density at radius 3 is 2.45 bits per heavy atom. The molecule has 108 valence electrons. The summed E-state index contributed by atoms with van der Waals surface area (Å²) in [5, 5.41) is 0.532. The van der Waals surface area contributed by atoms with E-state index in [4.69, 9.17) is 11.6 Å². The number of hydrogen-bond donors (Lipinski definition) is 0. The van der Waals surface area contributed by atoms with Gasteiger partial charge < -0.3 is 4.90 Å². The van der Waals surface area contributed by atoms with Crippen LogP contribution in [0.15, 0.2) is 35.9 Å². The van der Waals surface area contributed by atoms with Crippen molar-refractivity contribution < 1.29 is 4.79 Å². The predicted molar refractivity (Wildman–Crippen MR) is 83.2 cm³/mol. The minimum Gasteiger partial charge on any atom is -0.336 e. The molecule has 1 aliphatic heterocycles. The highest BCUT2D eigenvalue weighted by molar-refractivity contribution is 6.33. The fourth-order valence-corrected chi connectivity index (χ4v) is 2.47. The zero-order chi connectivity index (χ0) is 14.5. The fraction of sp³-hybridized carbons (Fsp3) is 0.438. The highest BCUT2D eigenvalue weighted by Crippen LogP contribution is 2.18. The average molecular weight is 293 g/mol. The van der Waals surface area contributed by atoms with Crippen molar-refractivity contribution in [3.63, 3.8) is 0 Å². The quantitative estimate of drug-likeness (QED) is 0.800. The van der Waals surface area contributed by atoms with E-state index in [9.17, 15) is 4.79 Å². The molecule has 1 amide bonds. The summed E-state index contributed by atoms with van der Waals surface area (Å²) in [6, 6.07) is 7.25. The van der Waals surface area contributed by atoms with Crippen LogP contribution in [0.2, 0.25) is 5.02 Å². The van der Waals surface area contributed by atoms with Crippen LogP contribution in [0.25, 0.3) is 0 Å². The molecule has 0 radical (unpaired) electrons. The number of nitrogens with zero attached hydrogens (tertiary/aromatic N) is 2. The van der Waals surface area contributed by atoms with E-state index in [1.807, 2.05) is 17.0 Å². The molecule has 1 aromatic carbocycles. The third kappa shape index (κ3) is 3.84. The molecule has 1 saturated heterocycles. The number of rotatable bonds is 3. The van der Waals surface area contributed by atoms with Gasteiger partial charge in [0.25, 0.3) is 5.91 Å². The number of carbonyl (C=O) groups is 1. The Kier molecular flexibility index (Phi) is 5.21. The van der Waals surface area contributed by atoms with E-state index in [0.717, 1.165) is 32.7 Å². The molecule has 0 saturated carbocycles. The van der Waals surface area contributed by atoms with Gasteiger partial charge in [0.1, 0.15) is 0 Å². The van der Waals surface area contributed by atoms with Gasteiger partial charge in [0.2, 0.25) is 0 Å². The van der Waals surface area contributed by atoms with Crippen molar-refractivity contribution >= 4 is 17.5 Å². The molecule has 0 unspecified atom stereocenters. The van der Waals surface area contributed by atoms with Gasteiger partial charge in [-0.1, -0.05) is 35.4 Å². The van der Waals surface area contributed by atoms with Crippen molar-refractivity contribution in [1.82, 2.24) is 9.80 Å². The molecular formula is C16H21ClN2O. The first-order valence-electron chi connectivity index (χ1n) is 6.97. The van der Waals surface area contributed by atoms with Gasteiger partial charge in [-0.15, -0.1) is 0 Å². The van der Waals surface area contributed by atoms with E-state index in [2.05, 4.69) is 24.8 Å². The molecule has 4 heteroatoms. The Morgan fingerprint density at radius 1 is 1.20 bits per heavy atom. The Balaban J connectivity index is 1.92. The van der Waals surface area contributed by atoms with Crippen molar-refractivity contribution in [2.45, 2.75) is 13.8 Å². The van der Waals surface area contributed by atoms with Gasteiger partial charge in [-0.3, -0.25) is 9.69 Å². The molecule has 1 heterocycles. The zero-order valence-electron chi connectivity index (χ0n) is 12.1. The highest BCUT2D eigenvalue weighted by atomic mass is 35.5. The van der Waals surface area contributed by atoms with Crippen LogP contribution in [0.4, 0.5) is 0 Å². The van der Waals surface area contributed by atoms with Gasteiger partial charge in [-0.25, -0.2) is 0 Å². The first-order chi connectivity index (χ1) is 9.58. The number of halogens is 1. The number of amides is 1. The molecule has 1 aromatic rings. The maximum absolute atomic E-state index is 12.4. The molecule has 0 spiro atoms. The van der Waals surface area contributed by atoms with Crippen LogP contribution in [0.1, 0.15) is 24.2 Å². The van der Waals surface area contributed by atoms with E-state index in [1.165, 1.54) is 5.57 Å². The van der Waals surface area contributed by atoms with Crippen LogP contribution in [0, 0.1) is 0 Å². The van der Waals surface area contributed by atoms with Crippen molar-refractivity contribution in [2.24, 2.45) is 0 Å². The Hall–Kier alpha value is -1.32. The van der Waals surface area contributed by atoms with Crippen LogP contribution >= 0.6 is 11.6 Å². The Labute approximate surface area is 125 Å². The normalized spacial score (nSPS) is 16.1. The Bertz CT molecular complexity index is 501. The summed E-state index contributed by atoms with van der Waals surface area (Å²) in [6.07, 6.45) is 2.23. The zero-order valence-corrected chi connectivity index (χ0v) is 12.9. The van der Waals surface area contributed by atoms with Crippen LogP contribution in [-0.4, -0.2) is 48.4 Å². The molecule has 3 nitrogen and oxygen atoms in total. The third-order valence-electron chi connectivity index (χ3n) is 3.52. The van der Waals surface area contributed by atoms with E-state index in [1.54, 1.807) is 12.1 Å². The first kappa shape index (κ1) is 15.1. The second-order valence-electron chi connectivity index (χ2n) is 5.35. The van der Waals surface area contributed by atoms with Crippen LogP contribution in [-0.2, 0) is 0 Å². The molecule has 0 aromatic heterocycles. The van der Waals surface area contributed by atoms with E-state index >= 15 is 0 Å². The van der Waals surface area contributed by atoms with E-state index < -0.39 is 0 Å². The van der Waals surface area contributed by atoms with Gasteiger partial charge in [-0.05, 0) is 26.0 Å². The van der Waals surface area contributed by atoms with Crippen LogP contribution in [0.5, 0.6) is 0 Å².